The molecule has 1 amide bonds. The molecule has 0 saturated carbocycles. The maximum Gasteiger partial charge on any atom is 0.259 e. The molecule has 6 nitrogen and oxygen atoms in total. The Morgan fingerprint density at radius 3 is 2.61 bits per heavy atom. The number of carbonyl (C=O) groups is 1. The van der Waals surface area contributed by atoms with Crippen molar-refractivity contribution in [2.75, 3.05) is 13.1 Å². The molecular formula is C21H20ClN3O3. The summed E-state index contributed by atoms with van der Waals surface area (Å²) in [5, 5.41) is 1.09. The quantitative estimate of drug-likeness (QED) is 0.733. The number of H-pyrrole nitrogens is 1. The van der Waals surface area contributed by atoms with Crippen molar-refractivity contribution in [3.63, 3.8) is 0 Å². The predicted octanol–water partition coefficient (Wildman–Crippen LogP) is 3.57. The average molecular weight is 398 g/mol. The zero-order valence-corrected chi connectivity index (χ0v) is 16.2. The number of aromatic nitrogens is 2. The lowest BCUT2D eigenvalue weighted by Gasteiger charge is -2.32. The van der Waals surface area contributed by atoms with E-state index in [2.05, 4.69) is 9.97 Å². The van der Waals surface area contributed by atoms with Crippen molar-refractivity contribution in [3.05, 3.63) is 69.1 Å². The van der Waals surface area contributed by atoms with Crippen LogP contribution in [0, 0.1) is 6.92 Å². The molecule has 1 fully saturated rings. The fraction of sp³-hybridized carbons (Fsp3) is 0.286. The van der Waals surface area contributed by atoms with E-state index in [1.807, 2.05) is 19.1 Å². The number of benzene rings is 1. The minimum absolute atomic E-state index is 0.0345. The number of halogens is 1. The molecule has 0 radical (unpaired) electrons. The van der Waals surface area contributed by atoms with E-state index in [4.69, 9.17) is 16.3 Å². The molecule has 0 spiro atoms. The van der Waals surface area contributed by atoms with Gasteiger partial charge < -0.3 is 14.6 Å². The summed E-state index contributed by atoms with van der Waals surface area (Å²) >= 11 is 5.89. The number of hydrogen-bond acceptors (Lipinski definition) is 4. The lowest BCUT2D eigenvalue weighted by molar-refractivity contribution is 0.0594. The molecule has 0 aliphatic carbocycles. The SMILES string of the molecule is Cc1ccc2c(=O)c(C(=O)N3CCC(Oc4ccc(Cl)cc4)CC3)c[nH]c2n1. The van der Waals surface area contributed by atoms with Crippen LogP contribution in [0.25, 0.3) is 11.0 Å². The maximum atomic E-state index is 12.9. The van der Waals surface area contributed by atoms with Crippen molar-refractivity contribution in [3.8, 4) is 5.75 Å². The Morgan fingerprint density at radius 2 is 1.89 bits per heavy atom. The normalized spacial score (nSPS) is 15.0. The summed E-state index contributed by atoms with van der Waals surface area (Å²) in [6, 6.07) is 10.7. The molecule has 3 heterocycles. The van der Waals surface area contributed by atoms with Crippen molar-refractivity contribution < 1.29 is 9.53 Å². The topological polar surface area (TPSA) is 75.3 Å². The molecule has 0 atom stereocenters. The second-order valence-electron chi connectivity index (χ2n) is 6.94. The van der Waals surface area contributed by atoms with E-state index < -0.39 is 0 Å². The van der Waals surface area contributed by atoms with Crippen molar-refractivity contribution in [1.29, 1.82) is 0 Å². The van der Waals surface area contributed by atoms with Crippen molar-refractivity contribution in [2.24, 2.45) is 0 Å². The molecule has 0 bridgehead atoms. The van der Waals surface area contributed by atoms with Gasteiger partial charge in [0.1, 0.15) is 23.1 Å². The number of pyridine rings is 2. The van der Waals surface area contributed by atoms with Gasteiger partial charge in [0.25, 0.3) is 5.91 Å². The molecule has 3 aromatic rings. The molecule has 0 unspecified atom stereocenters. The third-order valence-corrected chi connectivity index (χ3v) is 5.20. The van der Waals surface area contributed by atoms with Gasteiger partial charge in [0.05, 0.1) is 5.39 Å². The van der Waals surface area contributed by atoms with Gasteiger partial charge in [0.2, 0.25) is 5.43 Å². The molecule has 1 aliphatic heterocycles. The lowest BCUT2D eigenvalue weighted by Crippen LogP contribution is -2.43. The number of nitrogens with zero attached hydrogens (tertiary/aromatic N) is 2. The van der Waals surface area contributed by atoms with E-state index in [-0.39, 0.29) is 23.0 Å². The minimum Gasteiger partial charge on any atom is -0.490 e. The number of fused-ring (bicyclic) bond motifs is 1. The Balaban J connectivity index is 1.44. The summed E-state index contributed by atoms with van der Waals surface area (Å²) in [6.45, 7) is 2.94. The van der Waals surface area contributed by atoms with Gasteiger partial charge in [0, 0.05) is 42.8 Å². The monoisotopic (exact) mass is 397 g/mol. The molecule has 4 rings (SSSR count). The van der Waals surface area contributed by atoms with Gasteiger partial charge in [0.15, 0.2) is 0 Å². The molecule has 7 heteroatoms. The fourth-order valence-electron chi connectivity index (χ4n) is 3.41. The third-order valence-electron chi connectivity index (χ3n) is 4.95. The van der Waals surface area contributed by atoms with Crippen LogP contribution in [0.2, 0.25) is 5.02 Å². The Kier molecular flexibility index (Phi) is 5.05. The molecule has 1 aliphatic rings. The summed E-state index contributed by atoms with van der Waals surface area (Å²) in [7, 11) is 0. The number of aromatic amines is 1. The van der Waals surface area contributed by atoms with Crippen LogP contribution in [0.1, 0.15) is 28.9 Å². The van der Waals surface area contributed by atoms with Crippen LogP contribution in [0.5, 0.6) is 5.75 Å². The summed E-state index contributed by atoms with van der Waals surface area (Å²) in [6.07, 6.45) is 2.92. The van der Waals surface area contributed by atoms with Gasteiger partial charge in [-0.1, -0.05) is 11.6 Å². The van der Waals surface area contributed by atoms with Gasteiger partial charge in [-0.3, -0.25) is 9.59 Å². The Labute approximate surface area is 167 Å². The number of ether oxygens (including phenoxy) is 1. The van der Waals surface area contributed by atoms with Gasteiger partial charge >= 0.3 is 0 Å². The first-order valence-electron chi connectivity index (χ1n) is 9.22. The van der Waals surface area contributed by atoms with Crippen LogP contribution in [-0.4, -0.2) is 40.0 Å². The standard InChI is InChI=1S/C21H20ClN3O3/c1-13-2-7-17-19(26)18(12-23-20(17)24-13)21(27)25-10-8-16(9-11-25)28-15-5-3-14(22)4-6-15/h2-7,12,16H,8-11H2,1H3,(H,23,24,26). The molecule has 28 heavy (non-hydrogen) atoms. The summed E-state index contributed by atoms with van der Waals surface area (Å²) in [4.78, 5) is 34.6. The van der Waals surface area contributed by atoms with Crippen LogP contribution in [-0.2, 0) is 0 Å². The predicted molar refractivity (Wildman–Crippen MR) is 108 cm³/mol. The Bertz CT molecular complexity index is 1070. The van der Waals surface area contributed by atoms with E-state index in [1.54, 1.807) is 29.2 Å². The van der Waals surface area contributed by atoms with Crippen LogP contribution >= 0.6 is 11.6 Å². The highest BCUT2D eigenvalue weighted by molar-refractivity contribution is 6.30. The first kappa shape index (κ1) is 18.5. The number of carbonyl (C=O) groups excluding carboxylic acids is 1. The van der Waals surface area contributed by atoms with E-state index >= 15 is 0 Å². The van der Waals surface area contributed by atoms with Crippen molar-refractivity contribution in [2.45, 2.75) is 25.9 Å². The van der Waals surface area contributed by atoms with E-state index in [0.717, 1.165) is 11.4 Å². The second-order valence-corrected chi connectivity index (χ2v) is 7.38. The van der Waals surface area contributed by atoms with Crippen molar-refractivity contribution >= 4 is 28.5 Å². The maximum absolute atomic E-state index is 12.9. The second kappa shape index (κ2) is 7.64. The summed E-state index contributed by atoms with van der Waals surface area (Å²) in [5.41, 5.74) is 1.17. The lowest BCUT2D eigenvalue weighted by atomic mass is 10.1. The molecule has 144 valence electrons. The highest BCUT2D eigenvalue weighted by atomic mass is 35.5. The van der Waals surface area contributed by atoms with E-state index in [0.29, 0.717) is 42.0 Å². The number of hydrogen-bond donors (Lipinski definition) is 1. The van der Waals surface area contributed by atoms with Gasteiger partial charge in [-0.25, -0.2) is 4.98 Å². The molecule has 1 aromatic carbocycles. The highest BCUT2D eigenvalue weighted by Crippen LogP contribution is 2.21. The van der Waals surface area contributed by atoms with Crippen LogP contribution in [0.4, 0.5) is 0 Å². The first-order valence-corrected chi connectivity index (χ1v) is 9.59. The van der Waals surface area contributed by atoms with Gasteiger partial charge in [-0.2, -0.15) is 0 Å². The fourth-order valence-corrected chi connectivity index (χ4v) is 3.54. The molecular weight excluding hydrogens is 378 g/mol. The zero-order valence-electron chi connectivity index (χ0n) is 15.4. The van der Waals surface area contributed by atoms with Gasteiger partial charge in [-0.05, 0) is 43.3 Å². The number of aryl methyl sites for hydroxylation is 1. The molecule has 1 N–H and O–H groups in total. The third kappa shape index (κ3) is 3.73. The first-order chi connectivity index (χ1) is 13.5. The summed E-state index contributed by atoms with van der Waals surface area (Å²) in [5.74, 6) is 0.511. The number of rotatable bonds is 3. The van der Waals surface area contributed by atoms with Crippen LogP contribution in [0.15, 0.2) is 47.4 Å². The molecule has 2 aromatic heterocycles. The van der Waals surface area contributed by atoms with Crippen molar-refractivity contribution in [1.82, 2.24) is 14.9 Å². The van der Waals surface area contributed by atoms with Crippen LogP contribution < -0.4 is 10.2 Å². The highest BCUT2D eigenvalue weighted by Gasteiger charge is 2.26. The van der Waals surface area contributed by atoms with Gasteiger partial charge in [-0.15, -0.1) is 0 Å². The summed E-state index contributed by atoms with van der Waals surface area (Å²) < 4.78 is 5.96. The van der Waals surface area contributed by atoms with E-state index in [1.165, 1.54) is 6.20 Å². The Hall–Kier alpha value is -2.86. The number of amides is 1. The smallest absolute Gasteiger partial charge is 0.259 e. The molecule has 1 saturated heterocycles. The van der Waals surface area contributed by atoms with Crippen LogP contribution in [0.3, 0.4) is 0 Å². The number of likely N-dealkylation sites (tertiary alicyclic amines) is 1. The average Bonchev–Trinajstić information content (AvgIpc) is 2.70. The van der Waals surface area contributed by atoms with E-state index in [9.17, 15) is 9.59 Å². The number of nitrogens with one attached hydrogen (secondary N) is 1. The number of piperidine rings is 1. The zero-order chi connectivity index (χ0) is 19.7. The largest absolute Gasteiger partial charge is 0.490 e. The minimum atomic E-state index is -0.286. The Morgan fingerprint density at radius 1 is 1.18 bits per heavy atom.